The Labute approximate surface area is 134 Å². The van der Waals surface area contributed by atoms with Crippen molar-refractivity contribution in [2.75, 3.05) is 11.4 Å². The van der Waals surface area contributed by atoms with Gasteiger partial charge in [0, 0.05) is 11.1 Å². The Hall–Kier alpha value is -2.79. The van der Waals surface area contributed by atoms with Crippen LogP contribution in [0.1, 0.15) is 18.1 Å². The summed E-state index contributed by atoms with van der Waals surface area (Å²) in [6, 6.07) is 18.3. The van der Waals surface area contributed by atoms with Crippen LogP contribution in [0, 0.1) is 0 Å². The lowest BCUT2D eigenvalue weighted by Crippen LogP contribution is -2.46. The molecule has 1 atom stereocenters. The zero-order chi connectivity index (χ0) is 15.8. The molecule has 2 heterocycles. The van der Waals surface area contributed by atoms with Crippen molar-refractivity contribution in [3.8, 4) is 0 Å². The van der Waals surface area contributed by atoms with Crippen LogP contribution in [0.2, 0.25) is 0 Å². The van der Waals surface area contributed by atoms with E-state index in [0.717, 1.165) is 28.2 Å². The highest BCUT2D eigenvalue weighted by atomic mass is 15.4. The quantitative estimate of drug-likeness (QED) is 0.879. The lowest BCUT2D eigenvalue weighted by molar-refractivity contribution is 0.874. The first-order chi connectivity index (χ1) is 11.2. The van der Waals surface area contributed by atoms with Gasteiger partial charge in [-0.2, -0.15) is 5.10 Å². The van der Waals surface area contributed by atoms with Gasteiger partial charge in [0.25, 0.3) is 0 Å². The van der Waals surface area contributed by atoms with E-state index in [2.05, 4.69) is 39.4 Å². The first-order valence-corrected chi connectivity index (χ1v) is 7.61. The van der Waals surface area contributed by atoms with Gasteiger partial charge in [0.2, 0.25) is 0 Å². The Balaban J connectivity index is 1.95. The van der Waals surface area contributed by atoms with E-state index in [-0.39, 0.29) is 0 Å². The average Bonchev–Trinajstić information content (AvgIpc) is 2.71. The fourth-order valence-corrected chi connectivity index (χ4v) is 2.96. The number of amidine groups is 1. The van der Waals surface area contributed by atoms with Crippen LogP contribution in [0.4, 0.5) is 5.69 Å². The van der Waals surface area contributed by atoms with Crippen LogP contribution in [0.5, 0.6) is 0 Å². The molecule has 5 heteroatoms. The summed E-state index contributed by atoms with van der Waals surface area (Å²) in [5.74, 6) is 0.689. The topological polar surface area (TPSA) is 66.3 Å². The second-order valence-corrected chi connectivity index (χ2v) is 5.69. The van der Waals surface area contributed by atoms with Crippen molar-refractivity contribution in [1.29, 1.82) is 0 Å². The zero-order valence-corrected chi connectivity index (χ0v) is 12.8. The molecule has 114 valence electrons. The number of para-hydroxylation sites is 1. The molecule has 0 saturated heterocycles. The maximum Gasteiger partial charge on any atom is 0.171 e. The first-order valence-electron chi connectivity index (χ1n) is 7.61. The summed E-state index contributed by atoms with van der Waals surface area (Å²) in [5.41, 5.74) is 11.3. The monoisotopic (exact) mass is 303 g/mol. The minimum absolute atomic E-state index is 0.533. The maximum atomic E-state index is 6.31. The highest BCUT2D eigenvalue weighted by molar-refractivity contribution is 6.21. The van der Waals surface area contributed by atoms with Gasteiger partial charge in [0.15, 0.2) is 12.0 Å². The summed E-state index contributed by atoms with van der Waals surface area (Å²) < 4.78 is 0. The van der Waals surface area contributed by atoms with Crippen molar-refractivity contribution < 1.29 is 0 Å². The largest absolute Gasteiger partial charge is 0.319 e. The number of nitrogens with two attached hydrogens (primary N) is 1. The zero-order valence-electron chi connectivity index (χ0n) is 12.8. The smallest absolute Gasteiger partial charge is 0.171 e. The number of aliphatic imine (C=N–C) groups is 1. The molecule has 4 rings (SSSR count). The number of nitrogens with zero attached hydrogens (tertiary/aromatic N) is 4. The predicted octanol–water partition coefficient (Wildman–Crippen LogP) is 2.42. The van der Waals surface area contributed by atoms with Gasteiger partial charge < -0.3 is 10.6 Å². The van der Waals surface area contributed by atoms with Gasteiger partial charge in [-0.05, 0) is 13.0 Å². The van der Waals surface area contributed by atoms with Crippen molar-refractivity contribution in [3.05, 3.63) is 65.7 Å². The maximum absolute atomic E-state index is 6.31. The highest BCUT2D eigenvalue weighted by Crippen LogP contribution is 2.29. The molecule has 2 aliphatic rings. The molecule has 2 N–H and O–H groups in total. The molecule has 2 aliphatic heterocycles. The number of hydrogen-bond acceptors (Lipinski definition) is 5. The SMILES string of the molecule is CC1=NN=C2[C@H](N)N=C(c3ccccc3)c3ccccc3N2C1. The van der Waals surface area contributed by atoms with Crippen LogP contribution in [-0.4, -0.2) is 30.0 Å². The number of rotatable bonds is 1. The van der Waals surface area contributed by atoms with Crippen LogP contribution < -0.4 is 10.6 Å². The van der Waals surface area contributed by atoms with Gasteiger partial charge in [0.05, 0.1) is 23.7 Å². The van der Waals surface area contributed by atoms with E-state index in [4.69, 9.17) is 10.7 Å². The Morgan fingerprint density at radius 2 is 1.74 bits per heavy atom. The summed E-state index contributed by atoms with van der Waals surface area (Å²) in [5, 5.41) is 8.49. The van der Waals surface area contributed by atoms with Crippen molar-refractivity contribution in [2.45, 2.75) is 13.1 Å². The lowest BCUT2D eigenvalue weighted by atomic mass is 10.00. The van der Waals surface area contributed by atoms with E-state index in [1.165, 1.54) is 0 Å². The molecule has 2 aromatic rings. The Morgan fingerprint density at radius 3 is 2.57 bits per heavy atom. The van der Waals surface area contributed by atoms with Crippen LogP contribution in [0.15, 0.2) is 69.8 Å². The minimum atomic E-state index is -0.533. The minimum Gasteiger partial charge on any atom is -0.319 e. The third kappa shape index (κ3) is 2.35. The van der Waals surface area contributed by atoms with E-state index in [1.807, 2.05) is 37.3 Å². The molecular formula is C18H17N5. The fourth-order valence-electron chi connectivity index (χ4n) is 2.96. The molecule has 5 nitrogen and oxygen atoms in total. The second kappa shape index (κ2) is 5.44. The van der Waals surface area contributed by atoms with Gasteiger partial charge in [-0.1, -0.05) is 48.5 Å². The van der Waals surface area contributed by atoms with E-state index < -0.39 is 6.17 Å². The van der Waals surface area contributed by atoms with Crippen LogP contribution >= 0.6 is 0 Å². The Morgan fingerprint density at radius 1 is 1.00 bits per heavy atom. The number of fused-ring (bicyclic) bond motifs is 3. The molecule has 0 spiro atoms. The van der Waals surface area contributed by atoms with Gasteiger partial charge in [-0.25, -0.2) is 0 Å². The van der Waals surface area contributed by atoms with E-state index in [1.54, 1.807) is 0 Å². The van der Waals surface area contributed by atoms with E-state index in [9.17, 15) is 0 Å². The van der Waals surface area contributed by atoms with Gasteiger partial charge >= 0.3 is 0 Å². The summed E-state index contributed by atoms with van der Waals surface area (Å²) in [4.78, 5) is 6.86. The number of hydrogen-bond donors (Lipinski definition) is 1. The lowest BCUT2D eigenvalue weighted by Gasteiger charge is -2.28. The first kappa shape index (κ1) is 13.8. The normalized spacial score (nSPS) is 19.8. The van der Waals surface area contributed by atoms with E-state index in [0.29, 0.717) is 12.4 Å². The molecule has 0 unspecified atom stereocenters. The van der Waals surface area contributed by atoms with E-state index >= 15 is 0 Å². The molecule has 0 amide bonds. The molecule has 2 aromatic carbocycles. The Bertz CT molecular complexity index is 836. The standard InChI is InChI=1S/C18H17N5/c1-12-11-23-15-10-6-5-9-14(15)16(13-7-3-2-4-8-13)20-17(19)18(23)22-21-12/h2-10,17H,11,19H2,1H3/t17-/m1/s1. The molecule has 0 saturated carbocycles. The van der Waals surface area contributed by atoms with Gasteiger partial charge in [0.1, 0.15) is 0 Å². The number of anilines is 1. The summed E-state index contributed by atoms with van der Waals surface area (Å²) in [6.45, 7) is 2.65. The molecule has 0 aromatic heterocycles. The van der Waals surface area contributed by atoms with Crippen molar-refractivity contribution >= 4 is 22.9 Å². The highest BCUT2D eigenvalue weighted by Gasteiger charge is 2.30. The third-order valence-electron chi connectivity index (χ3n) is 4.02. The average molecular weight is 303 g/mol. The van der Waals surface area contributed by atoms with Crippen molar-refractivity contribution in [2.24, 2.45) is 20.9 Å². The van der Waals surface area contributed by atoms with Crippen molar-refractivity contribution in [1.82, 2.24) is 0 Å². The van der Waals surface area contributed by atoms with Gasteiger partial charge in [-0.3, -0.25) is 4.99 Å². The molecule has 0 radical (unpaired) electrons. The third-order valence-corrected chi connectivity index (χ3v) is 4.02. The van der Waals surface area contributed by atoms with Crippen LogP contribution in [0.25, 0.3) is 0 Å². The van der Waals surface area contributed by atoms with Crippen LogP contribution in [0.3, 0.4) is 0 Å². The summed E-state index contributed by atoms with van der Waals surface area (Å²) >= 11 is 0. The van der Waals surface area contributed by atoms with Crippen molar-refractivity contribution in [3.63, 3.8) is 0 Å². The van der Waals surface area contributed by atoms with Gasteiger partial charge in [-0.15, -0.1) is 5.10 Å². The summed E-state index contributed by atoms with van der Waals surface area (Å²) in [6.07, 6.45) is -0.533. The Kier molecular flexibility index (Phi) is 3.28. The molecule has 0 bridgehead atoms. The second-order valence-electron chi connectivity index (χ2n) is 5.69. The fraction of sp³-hybridized carbons (Fsp3) is 0.167. The molecule has 0 aliphatic carbocycles. The van der Waals surface area contributed by atoms with Crippen LogP contribution in [-0.2, 0) is 0 Å². The molecule has 0 fully saturated rings. The predicted molar refractivity (Wildman–Crippen MR) is 94.4 cm³/mol. The molecule has 23 heavy (non-hydrogen) atoms. The number of benzene rings is 2. The molecular weight excluding hydrogens is 286 g/mol. The summed E-state index contributed by atoms with van der Waals surface area (Å²) in [7, 11) is 0.